The average molecular weight is 346 g/mol. The number of nitrogens with zero attached hydrogens (tertiary/aromatic N) is 1. The van der Waals surface area contributed by atoms with Crippen LogP contribution in [0.25, 0.3) is 0 Å². The van der Waals surface area contributed by atoms with Crippen LogP contribution in [0.4, 0.5) is 5.69 Å². The van der Waals surface area contributed by atoms with E-state index in [9.17, 15) is 14.4 Å². The number of aryl methyl sites for hydroxylation is 1. The molecule has 7 nitrogen and oxygen atoms in total. The zero-order valence-corrected chi connectivity index (χ0v) is 14.6. The van der Waals surface area contributed by atoms with Crippen LogP contribution in [0.3, 0.4) is 0 Å². The maximum atomic E-state index is 12.7. The second kappa shape index (κ2) is 6.93. The smallest absolute Gasteiger partial charge is 0.338 e. The van der Waals surface area contributed by atoms with Gasteiger partial charge in [0.25, 0.3) is 0 Å². The summed E-state index contributed by atoms with van der Waals surface area (Å²) >= 11 is 0. The van der Waals surface area contributed by atoms with E-state index in [2.05, 4.69) is 5.32 Å². The van der Waals surface area contributed by atoms with Gasteiger partial charge in [0.05, 0.1) is 18.6 Å². The lowest BCUT2D eigenvalue weighted by atomic mass is 9.83. The molecule has 0 unspecified atom stereocenters. The number of amides is 1. The SMILES string of the molecule is CCOC(=O)[C@@H]1ON(CCC(C)=O)[C@H]2c3cccc(C)c3NC(=O)[C@@H]12. The highest BCUT2D eigenvalue weighted by Crippen LogP contribution is 2.46. The fourth-order valence-corrected chi connectivity index (χ4v) is 3.44. The van der Waals surface area contributed by atoms with E-state index in [1.165, 1.54) is 6.92 Å². The molecule has 2 aliphatic rings. The second-order valence-corrected chi connectivity index (χ2v) is 6.37. The van der Waals surface area contributed by atoms with Crippen molar-refractivity contribution >= 4 is 23.3 Å². The molecular weight excluding hydrogens is 324 g/mol. The summed E-state index contributed by atoms with van der Waals surface area (Å²) in [6, 6.07) is 5.32. The third kappa shape index (κ3) is 3.17. The Labute approximate surface area is 146 Å². The Balaban J connectivity index is 2.00. The van der Waals surface area contributed by atoms with Crippen molar-refractivity contribution in [3.8, 4) is 0 Å². The predicted octanol–water partition coefficient (Wildman–Crippen LogP) is 1.76. The topological polar surface area (TPSA) is 84.9 Å². The van der Waals surface area contributed by atoms with Gasteiger partial charge in [0.2, 0.25) is 5.91 Å². The van der Waals surface area contributed by atoms with Gasteiger partial charge in [0.1, 0.15) is 5.78 Å². The van der Waals surface area contributed by atoms with Crippen LogP contribution in [0.2, 0.25) is 0 Å². The third-order valence-electron chi connectivity index (χ3n) is 4.60. The van der Waals surface area contributed by atoms with Crippen molar-refractivity contribution in [3.63, 3.8) is 0 Å². The van der Waals surface area contributed by atoms with Crippen LogP contribution in [-0.4, -0.2) is 42.0 Å². The Morgan fingerprint density at radius 3 is 2.80 bits per heavy atom. The van der Waals surface area contributed by atoms with E-state index >= 15 is 0 Å². The number of hydrogen-bond acceptors (Lipinski definition) is 6. The highest BCUT2D eigenvalue weighted by atomic mass is 16.7. The van der Waals surface area contributed by atoms with E-state index < -0.39 is 24.0 Å². The van der Waals surface area contributed by atoms with Gasteiger partial charge in [-0.25, -0.2) is 4.79 Å². The molecule has 134 valence electrons. The van der Waals surface area contributed by atoms with E-state index in [1.807, 2.05) is 25.1 Å². The minimum Gasteiger partial charge on any atom is -0.464 e. The van der Waals surface area contributed by atoms with Gasteiger partial charge in [-0.15, -0.1) is 0 Å². The van der Waals surface area contributed by atoms with Crippen molar-refractivity contribution in [2.75, 3.05) is 18.5 Å². The first kappa shape index (κ1) is 17.6. The number of rotatable bonds is 5. The summed E-state index contributed by atoms with van der Waals surface area (Å²) in [5.74, 6) is -1.52. The molecule has 0 aromatic heterocycles. The van der Waals surface area contributed by atoms with Gasteiger partial charge in [-0.05, 0) is 31.9 Å². The zero-order chi connectivity index (χ0) is 18.1. The van der Waals surface area contributed by atoms with Crippen LogP contribution < -0.4 is 5.32 Å². The summed E-state index contributed by atoms with van der Waals surface area (Å²) in [7, 11) is 0. The molecule has 0 radical (unpaired) electrons. The van der Waals surface area contributed by atoms with Crippen LogP contribution in [0.5, 0.6) is 0 Å². The molecular formula is C18H22N2O5. The standard InChI is InChI=1S/C18H22N2O5/c1-4-24-18(23)16-13-15(20(25-16)9-8-11(3)21)12-7-5-6-10(2)14(12)19-17(13)22/h5-7,13,15-16H,4,8-9H2,1-3H3,(H,19,22)/t13-,15+,16-/m1/s1. The molecule has 1 N–H and O–H groups in total. The fraction of sp³-hybridized carbons (Fsp3) is 0.500. The number of ether oxygens (including phenoxy) is 1. The lowest BCUT2D eigenvalue weighted by Crippen LogP contribution is -2.41. The molecule has 7 heteroatoms. The molecule has 1 aromatic rings. The number of ketones is 1. The molecule has 0 aliphatic carbocycles. The van der Waals surface area contributed by atoms with Crippen LogP contribution in [0.1, 0.15) is 37.4 Å². The number of fused-ring (bicyclic) bond motifs is 3. The molecule has 3 rings (SSSR count). The number of esters is 1. The summed E-state index contributed by atoms with van der Waals surface area (Å²) in [5, 5.41) is 4.48. The van der Waals surface area contributed by atoms with Crippen molar-refractivity contribution in [2.24, 2.45) is 5.92 Å². The first-order valence-electron chi connectivity index (χ1n) is 8.44. The summed E-state index contributed by atoms with van der Waals surface area (Å²) in [6.45, 7) is 5.64. The maximum absolute atomic E-state index is 12.7. The van der Waals surface area contributed by atoms with Crippen LogP contribution in [-0.2, 0) is 24.0 Å². The number of benzene rings is 1. The Morgan fingerprint density at radius 1 is 1.36 bits per heavy atom. The van der Waals surface area contributed by atoms with Gasteiger partial charge in [-0.3, -0.25) is 14.4 Å². The van der Waals surface area contributed by atoms with Crippen molar-refractivity contribution in [1.29, 1.82) is 0 Å². The number of carbonyl (C=O) groups is 3. The number of carbonyl (C=O) groups excluding carboxylic acids is 3. The third-order valence-corrected chi connectivity index (χ3v) is 4.60. The Morgan fingerprint density at radius 2 is 2.12 bits per heavy atom. The van der Waals surface area contributed by atoms with Crippen molar-refractivity contribution in [2.45, 2.75) is 39.3 Å². The number of para-hydroxylation sites is 1. The average Bonchev–Trinajstić information content (AvgIpc) is 2.95. The van der Waals surface area contributed by atoms with E-state index in [0.29, 0.717) is 6.54 Å². The lowest BCUT2D eigenvalue weighted by molar-refractivity contribution is -0.190. The maximum Gasteiger partial charge on any atom is 0.338 e. The number of anilines is 1. The highest BCUT2D eigenvalue weighted by molar-refractivity contribution is 6.00. The molecule has 1 saturated heterocycles. The molecule has 25 heavy (non-hydrogen) atoms. The van der Waals surface area contributed by atoms with Crippen molar-refractivity contribution in [1.82, 2.24) is 5.06 Å². The quantitative estimate of drug-likeness (QED) is 0.818. The van der Waals surface area contributed by atoms with E-state index in [4.69, 9.17) is 9.57 Å². The van der Waals surface area contributed by atoms with Crippen molar-refractivity contribution in [3.05, 3.63) is 29.3 Å². The number of Topliss-reactive ketones (excluding diaryl/α,β-unsaturated/α-hetero) is 1. The van der Waals surface area contributed by atoms with E-state index in [-0.39, 0.29) is 24.7 Å². The van der Waals surface area contributed by atoms with Crippen molar-refractivity contribution < 1.29 is 24.0 Å². The first-order chi connectivity index (χ1) is 11.9. The van der Waals surface area contributed by atoms with Gasteiger partial charge in [-0.1, -0.05) is 18.2 Å². The van der Waals surface area contributed by atoms with Gasteiger partial charge in [0, 0.05) is 18.7 Å². The fourth-order valence-electron chi connectivity index (χ4n) is 3.44. The molecule has 1 aromatic carbocycles. The van der Waals surface area contributed by atoms with Crippen LogP contribution >= 0.6 is 0 Å². The number of nitrogens with one attached hydrogen (secondary N) is 1. The second-order valence-electron chi connectivity index (χ2n) is 6.37. The molecule has 2 heterocycles. The summed E-state index contributed by atoms with van der Waals surface area (Å²) in [6.07, 6.45) is -0.729. The van der Waals surface area contributed by atoms with E-state index in [0.717, 1.165) is 16.8 Å². The number of hydroxylamine groups is 2. The van der Waals surface area contributed by atoms with Crippen LogP contribution in [0.15, 0.2) is 18.2 Å². The Bertz CT molecular complexity index is 717. The van der Waals surface area contributed by atoms with E-state index in [1.54, 1.807) is 12.0 Å². The highest BCUT2D eigenvalue weighted by Gasteiger charge is 2.54. The Kier molecular flexibility index (Phi) is 4.87. The predicted molar refractivity (Wildman–Crippen MR) is 89.5 cm³/mol. The zero-order valence-electron chi connectivity index (χ0n) is 14.6. The molecule has 0 bridgehead atoms. The molecule has 0 spiro atoms. The molecule has 3 atom stereocenters. The number of hydrogen-bond donors (Lipinski definition) is 1. The summed E-state index contributed by atoms with van der Waals surface area (Å²) in [4.78, 5) is 42.2. The van der Waals surface area contributed by atoms with Gasteiger partial charge < -0.3 is 10.1 Å². The van der Waals surface area contributed by atoms with Gasteiger partial charge >= 0.3 is 5.97 Å². The molecule has 0 saturated carbocycles. The summed E-state index contributed by atoms with van der Waals surface area (Å²) in [5.41, 5.74) is 2.57. The minimum atomic E-state index is -1.01. The van der Waals surface area contributed by atoms with Crippen LogP contribution in [0, 0.1) is 12.8 Å². The Hall–Kier alpha value is -2.25. The summed E-state index contributed by atoms with van der Waals surface area (Å²) < 4.78 is 5.07. The van der Waals surface area contributed by atoms with Gasteiger partial charge in [0.15, 0.2) is 6.10 Å². The first-order valence-corrected chi connectivity index (χ1v) is 8.44. The molecule has 1 fully saturated rings. The van der Waals surface area contributed by atoms with Gasteiger partial charge in [-0.2, -0.15) is 5.06 Å². The normalized spacial score (nSPS) is 25.1. The lowest BCUT2D eigenvalue weighted by Gasteiger charge is -2.32. The monoisotopic (exact) mass is 346 g/mol. The largest absolute Gasteiger partial charge is 0.464 e. The molecule has 2 aliphatic heterocycles. The minimum absolute atomic E-state index is 0.0180. The molecule has 1 amide bonds.